The highest BCUT2D eigenvalue weighted by molar-refractivity contribution is 5.56. The number of halogens is 1. The lowest BCUT2D eigenvalue weighted by Crippen LogP contribution is -2.27. The fourth-order valence-corrected chi connectivity index (χ4v) is 1.98. The van der Waals surface area contributed by atoms with E-state index < -0.39 is 0 Å². The van der Waals surface area contributed by atoms with Gasteiger partial charge in [-0.1, -0.05) is 12.8 Å². The van der Waals surface area contributed by atoms with Crippen molar-refractivity contribution in [3.05, 3.63) is 29.6 Å². The highest BCUT2D eigenvalue weighted by atomic mass is 19.1. The Labute approximate surface area is 109 Å². The van der Waals surface area contributed by atoms with Crippen molar-refractivity contribution in [2.75, 3.05) is 25.0 Å². The Kier molecular flexibility index (Phi) is 5.67. The molecule has 0 amide bonds. The van der Waals surface area contributed by atoms with E-state index in [2.05, 4.69) is 23.1 Å². The van der Waals surface area contributed by atoms with Crippen LogP contribution in [0.15, 0.2) is 18.2 Å². The molecule has 0 aliphatic rings. The van der Waals surface area contributed by atoms with Gasteiger partial charge in [-0.25, -0.2) is 4.39 Å². The van der Waals surface area contributed by atoms with Gasteiger partial charge >= 0.3 is 0 Å². The van der Waals surface area contributed by atoms with Crippen LogP contribution < -0.4 is 10.2 Å². The predicted octanol–water partition coefficient (Wildman–Crippen LogP) is 2.96. The van der Waals surface area contributed by atoms with Crippen molar-refractivity contribution in [1.29, 1.82) is 0 Å². The monoisotopic (exact) mass is 248 g/mol. The molecule has 0 bridgehead atoms. The van der Waals surface area contributed by atoms with Gasteiger partial charge < -0.3 is 10.2 Å². The maximum Gasteiger partial charge on any atom is 0.123 e. The maximum atomic E-state index is 13.4. The van der Waals surface area contributed by atoms with Crippen LogP contribution in [0.25, 0.3) is 0 Å². The fraction of sp³-hybridized carbons (Fsp3) is 0.467. The molecule has 0 fully saturated rings. The molecule has 0 aliphatic carbocycles. The molecule has 0 spiro atoms. The highest BCUT2D eigenvalue weighted by Crippen LogP contribution is 2.27. The normalized spacial score (nSPS) is 11.9. The van der Waals surface area contributed by atoms with Crippen LogP contribution in [-0.4, -0.2) is 20.1 Å². The largest absolute Gasteiger partial charge is 0.360 e. The molecule has 0 saturated carbocycles. The zero-order chi connectivity index (χ0) is 13.5. The van der Waals surface area contributed by atoms with Crippen LogP contribution in [0.2, 0.25) is 0 Å². The van der Waals surface area contributed by atoms with Gasteiger partial charge in [0.2, 0.25) is 0 Å². The van der Waals surface area contributed by atoms with Gasteiger partial charge in [-0.05, 0) is 44.2 Å². The molecule has 18 heavy (non-hydrogen) atoms. The third-order valence-corrected chi connectivity index (χ3v) is 3.01. The van der Waals surface area contributed by atoms with Gasteiger partial charge in [0.05, 0.1) is 6.54 Å². The number of rotatable bonds is 6. The Morgan fingerprint density at radius 1 is 1.50 bits per heavy atom. The summed E-state index contributed by atoms with van der Waals surface area (Å²) in [4.78, 5) is 2.11. The predicted molar refractivity (Wildman–Crippen MR) is 75.2 cm³/mol. The molecule has 0 aromatic heterocycles. The minimum Gasteiger partial charge on any atom is -0.360 e. The number of nitrogens with zero attached hydrogens (tertiary/aromatic N) is 1. The number of nitrogens with one attached hydrogen (secondary N) is 1. The third-order valence-electron chi connectivity index (χ3n) is 3.01. The van der Waals surface area contributed by atoms with Gasteiger partial charge in [-0.15, -0.1) is 6.42 Å². The van der Waals surface area contributed by atoms with E-state index in [0.717, 1.165) is 24.2 Å². The van der Waals surface area contributed by atoms with Gasteiger partial charge in [-0.2, -0.15) is 0 Å². The molecule has 1 unspecified atom stereocenters. The van der Waals surface area contributed by atoms with Gasteiger partial charge in [-0.3, -0.25) is 0 Å². The average molecular weight is 248 g/mol. The molecule has 1 N–H and O–H groups in total. The molecular formula is C15H21FN2. The molecule has 0 heterocycles. The fourth-order valence-electron chi connectivity index (χ4n) is 1.98. The first kappa shape index (κ1) is 14.5. The zero-order valence-electron chi connectivity index (χ0n) is 11.3. The summed E-state index contributed by atoms with van der Waals surface area (Å²) in [5.41, 5.74) is 1.96. The lowest BCUT2D eigenvalue weighted by atomic mass is 10.0. The molecule has 1 rings (SSSR count). The quantitative estimate of drug-likeness (QED) is 0.779. The lowest BCUT2D eigenvalue weighted by Gasteiger charge is -2.27. The third kappa shape index (κ3) is 3.48. The van der Waals surface area contributed by atoms with Gasteiger partial charge in [0.1, 0.15) is 5.82 Å². The first-order chi connectivity index (χ1) is 8.63. The zero-order valence-corrected chi connectivity index (χ0v) is 11.3. The van der Waals surface area contributed by atoms with E-state index in [0.29, 0.717) is 6.54 Å². The minimum absolute atomic E-state index is 0.0906. The Bertz CT molecular complexity index is 423. The molecule has 0 radical (unpaired) electrons. The number of benzene rings is 1. The summed E-state index contributed by atoms with van der Waals surface area (Å²) in [6.45, 7) is 5.54. The topological polar surface area (TPSA) is 15.3 Å². The van der Waals surface area contributed by atoms with Crippen LogP contribution in [-0.2, 0) is 0 Å². The second-order valence-electron chi connectivity index (χ2n) is 4.34. The van der Waals surface area contributed by atoms with Crippen LogP contribution in [0, 0.1) is 18.2 Å². The van der Waals surface area contributed by atoms with E-state index in [1.807, 2.05) is 20.0 Å². The van der Waals surface area contributed by atoms with E-state index in [1.165, 1.54) is 6.07 Å². The molecule has 98 valence electrons. The number of terminal acetylenes is 1. The van der Waals surface area contributed by atoms with E-state index in [-0.39, 0.29) is 11.9 Å². The first-order valence-electron chi connectivity index (χ1n) is 6.29. The SMILES string of the molecule is C#CCN(CCC)c1ccc(F)cc1C(C)NC. The van der Waals surface area contributed by atoms with Crippen LogP contribution >= 0.6 is 0 Å². The smallest absolute Gasteiger partial charge is 0.123 e. The Balaban J connectivity index is 3.15. The Morgan fingerprint density at radius 2 is 2.22 bits per heavy atom. The summed E-state index contributed by atoms with van der Waals surface area (Å²) in [6.07, 6.45) is 6.41. The second-order valence-corrected chi connectivity index (χ2v) is 4.34. The second kappa shape index (κ2) is 7.03. The van der Waals surface area contributed by atoms with E-state index in [1.54, 1.807) is 6.07 Å². The Morgan fingerprint density at radius 3 is 2.78 bits per heavy atom. The van der Waals surface area contributed by atoms with Gasteiger partial charge in [0.25, 0.3) is 0 Å². The maximum absolute atomic E-state index is 13.4. The van der Waals surface area contributed by atoms with E-state index >= 15 is 0 Å². The van der Waals surface area contributed by atoms with Crippen molar-refractivity contribution < 1.29 is 4.39 Å². The molecular weight excluding hydrogens is 227 g/mol. The number of hydrogen-bond acceptors (Lipinski definition) is 2. The van der Waals surface area contributed by atoms with E-state index in [4.69, 9.17) is 6.42 Å². The standard InChI is InChI=1S/C15H21FN2/c1-5-9-18(10-6-2)15-8-7-13(16)11-14(15)12(3)17-4/h1,7-8,11-12,17H,6,9-10H2,2-4H3. The molecule has 1 atom stereocenters. The van der Waals surface area contributed by atoms with Crippen molar-refractivity contribution in [1.82, 2.24) is 5.32 Å². The average Bonchev–Trinajstić information content (AvgIpc) is 2.37. The molecule has 1 aromatic rings. The molecule has 3 heteroatoms. The number of anilines is 1. The molecule has 0 aliphatic heterocycles. The van der Waals surface area contributed by atoms with Crippen molar-refractivity contribution in [2.45, 2.75) is 26.3 Å². The van der Waals surface area contributed by atoms with Gasteiger partial charge in [0.15, 0.2) is 0 Å². The summed E-state index contributed by atoms with van der Waals surface area (Å²) in [7, 11) is 1.87. The molecule has 0 saturated heterocycles. The van der Waals surface area contributed by atoms with Gasteiger partial charge in [0, 0.05) is 18.3 Å². The summed E-state index contributed by atoms with van der Waals surface area (Å²) in [5.74, 6) is 2.45. The van der Waals surface area contributed by atoms with Crippen molar-refractivity contribution >= 4 is 5.69 Å². The first-order valence-corrected chi connectivity index (χ1v) is 6.29. The van der Waals surface area contributed by atoms with Crippen LogP contribution in [0.1, 0.15) is 31.9 Å². The van der Waals surface area contributed by atoms with Crippen LogP contribution in [0.5, 0.6) is 0 Å². The number of hydrogen-bond donors (Lipinski definition) is 1. The van der Waals surface area contributed by atoms with Crippen molar-refractivity contribution in [3.8, 4) is 12.3 Å². The van der Waals surface area contributed by atoms with Crippen molar-refractivity contribution in [2.24, 2.45) is 0 Å². The Hall–Kier alpha value is -1.53. The summed E-state index contributed by atoms with van der Waals surface area (Å²) in [5, 5.41) is 3.14. The van der Waals surface area contributed by atoms with Crippen LogP contribution in [0.3, 0.4) is 0 Å². The molecule has 1 aromatic carbocycles. The summed E-state index contributed by atoms with van der Waals surface area (Å²) < 4.78 is 13.4. The highest BCUT2D eigenvalue weighted by Gasteiger charge is 2.14. The summed E-state index contributed by atoms with van der Waals surface area (Å²) in [6, 6.07) is 4.97. The van der Waals surface area contributed by atoms with Crippen molar-refractivity contribution in [3.63, 3.8) is 0 Å². The van der Waals surface area contributed by atoms with E-state index in [9.17, 15) is 4.39 Å². The minimum atomic E-state index is -0.215. The van der Waals surface area contributed by atoms with Crippen LogP contribution in [0.4, 0.5) is 10.1 Å². The molecule has 2 nitrogen and oxygen atoms in total. The summed E-state index contributed by atoms with van der Waals surface area (Å²) >= 11 is 0. The lowest BCUT2D eigenvalue weighted by molar-refractivity contribution is 0.606.